The zero-order valence-electron chi connectivity index (χ0n) is 14.1. The van der Waals surface area contributed by atoms with E-state index in [2.05, 4.69) is 32.4 Å². The van der Waals surface area contributed by atoms with Crippen LogP contribution < -0.4 is 5.32 Å². The molecule has 1 atom stereocenters. The van der Waals surface area contributed by atoms with E-state index in [1.807, 2.05) is 24.4 Å². The standard InChI is InChI=1S/C16H19N5O2S.ClH/c1-10-11(18-16(22-10)13-4-3-7-24-13)8-14-19-15(20-23-14)12-9-17-5-6-21(12)2;/h3-4,7,12,17H,5-6,8-9H2,1-2H3;1H. The molecule has 1 aliphatic rings. The van der Waals surface area contributed by atoms with E-state index >= 15 is 0 Å². The molecule has 1 saturated heterocycles. The van der Waals surface area contributed by atoms with Crippen molar-refractivity contribution in [1.82, 2.24) is 25.3 Å². The average molecular weight is 382 g/mol. The maximum absolute atomic E-state index is 5.76. The third-order valence-electron chi connectivity index (χ3n) is 4.24. The molecule has 0 radical (unpaired) electrons. The van der Waals surface area contributed by atoms with E-state index in [1.54, 1.807) is 11.3 Å². The molecule has 0 aliphatic carbocycles. The molecule has 1 N–H and O–H groups in total. The van der Waals surface area contributed by atoms with Crippen molar-refractivity contribution in [1.29, 1.82) is 0 Å². The SMILES string of the molecule is Cc1oc(-c2cccs2)nc1Cc1nc(C2CNCCN2C)no1.Cl. The van der Waals surface area contributed by atoms with Gasteiger partial charge in [0.25, 0.3) is 0 Å². The van der Waals surface area contributed by atoms with E-state index in [4.69, 9.17) is 8.94 Å². The van der Waals surface area contributed by atoms with Gasteiger partial charge in [0.2, 0.25) is 11.8 Å². The molecule has 3 aromatic rings. The fourth-order valence-electron chi connectivity index (χ4n) is 2.81. The van der Waals surface area contributed by atoms with Crippen LogP contribution in [0, 0.1) is 6.92 Å². The number of hydrogen-bond acceptors (Lipinski definition) is 8. The highest BCUT2D eigenvalue weighted by Crippen LogP contribution is 2.27. The first kappa shape index (κ1) is 18.1. The Kier molecular flexibility index (Phi) is 5.53. The van der Waals surface area contributed by atoms with Crippen LogP contribution >= 0.6 is 23.7 Å². The van der Waals surface area contributed by atoms with Gasteiger partial charge < -0.3 is 14.3 Å². The number of aromatic nitrogens is 3. The molecule has 4 rings (SSSR count). The van der Waals surface area contributed by atoms with Crippen molar-refractivity contribution in [3.63, 3.8) is 0 Å². The predicted molar refractivity (Wildman–Crippen MR) is 97.1 cm³/mol. The van der Waals surface area contributed by atoms with Gasteiger partial charge in [-0.15, -0.1) is 23.7 Å². The van der Waals surface area contributed by atoms with Gasteiger partial charge in [-0.2, -0.15) is 4.98 Å². The molecule has 0 spiro atoms. The summed E-state index contributed by atoms with van der Waals surface area (Å²) in [7, 11) is 2.08. The summed E-state index contributed by atoms with van der Waals surface area (Å²) in [5.41, 5.74) is 0.837. The molecule has 0 bridgehead atoms. The van der Waals surface area contributed by atoms with Gasteiger partial charge in [-0.1, -0.05) is 11.2 Å². The van der Waals surface area contributed by atoms with Crippen molar-refractivity contribution >= 4 is 23.7 Å². The average Bonchev–Trinajstić information content (AvgIpc) is 3.30. The lowest BCUT2D eigenvalue weighted by atomic mass is 10.2. The van der Waals surface area contributed by atoms with Crippen LogP contribution in [0.15, 0.2) is 26.5 Å². The number of oxazole rings is 1. The number of halogens is 1. The molecule has 7 nitrogen and oxygen atoms in total. The zero-order valence-corrected chi connectivity index (χ0v) is 15.7. The van der Waals surface area contributed by atoms with Crippen LogP contribution in [0.3, 0.4) is 0 Å². The summed E-state index contributed by atoms with van der Waals surface area (Å²) < 4.78 is 11.2. The van der Waals surface area contributed by atoms with Gasteiger partial charge in [-0.05, 0) is 25.4 Å². The molecular weight excluding hydrogens is 362 g/mol. The first-order valence-electron chi connectivity index (χ1n) is 7.94. The van der Waals surface area contributed by atoms with Gasteiger partial charge in [0.15, 0.2) is 5.82 Å². The molecule has 1 unspecified atom stereocenters. The number of piperazine rings is 1. The summed E-state index contributed by atoms with van der Waals surface area (Å²) in [5, 5.41) is 9.52. The van der Waals surface area contributed by atoms with E-state index in [9.17, 15) is 0 Å². The highest BCUT2D eigenvalue weighted by molar-refractivity contribution is 7.13. The van der Waals surface area contributed by atoms with Crippen LogP contribution in [0.25, 0.3) is 10.8 Å². The second-order valence-corrected chi connectivity index (χ2v) is 6.87. The molecule has 134 valence electrons. The van der Waals surface area contributed by atoms with Crippen LogP contribution in [0.4, 0.5) is 0 Å². The molecule has 0 saturated carbocycles. The van der Waals surface area contributed by atoms with Crippen molar-refractivity contribution in [2.24, 2.45) is 0 Å². The Morgan fingerprint density at radius 3 is 3.04 bits per heavy atom. The highest BCUT2D eigenvalue weighted by Gasteiger charge is 2.25. The molecule has 4 heterocycles. The van der Waals surface area contributed by atoms with Crippen molar-refractivity contribution in [3.05, 3.63) is 40.7 Å². The molecule has 3 aromatic heterocycles. The summed E-state index contributed by atoms with van der Waals surface area (Å²) in [6, 6.07) is 4.13. The smallest absolute Gasteiger partial charge is 0.236 e. The Morgan fingerprint density at radius 1 is 1.40 bits per heavy atom. The predicted octanol–water partition coefficient (Wildman–Crippen LogP) is 2.68. The number of nitrogens with one attached hydrogen (secondary N) is 1. The van der Waals surface area contributed by atoms with E-state index < -0.39 is 0 Å². The number of rotatable bonds is 4. The van der Waals surface area contributed by atoms with Crippen molar-refractivity contribution in [3.8, 4) is 10.8 Å². The number of thiophene rings is 1. The van der Waals surface area contributed by atoms with Gasteiger partial charge >= 0.3 is 0 Å². The summed E-state index contributed by atoms with van der Waals surface area (Å²) >= 11 is 1.61. The zero-order chi connectivity index (χ0) is 16.5. The van der Waals surface area contributed by atoms with Crippen LogP contribution in [-0.4, -0.2) is 46.7 Å². The second kappa shape index (κ2) is 7.65. The number of hydrogen-bond donors (Lipinski definition) is 1. The van der Waals surface area contributed by atoms with E-state index in [0.717, 1.165) is 41.8 Å². The van der Waals surface area contributed by atoms with Gasteiger partial charge in [-0.25, -0.2) is 4.98 Å². The van der Waals surface area contributed by atoms with Crippen LogP contribution in [0.5, 0.6) is 0 Å². The normalized spacial score (nSPS) is 18.2. The van der Waals surface area contributed by atoms with E-state index in [0.29, 0.717) is 18.2 Å². The first-order valence-corrected chi connectivity index (χ1v) is 8.82. The summed E-state index contributed by atoms with van der Waals surface area (Å²) in [4.78, 5) is 12.4. The van der Waals surface area contributed by atoms with Crippen LogP contribution in [0.2, 0.25) is 0 Å². The molecule has 1 aliphatic heterocycles. The minimum Gasteiger partial charge on any atom is -0.440 e. The quantitative estimate of drug-likeness (QED) is 0.744. The van der Waals surface area contributed by atoms with Crippen molar-refractivity contribution in [2.45, 2.75) is 19.4 Å². The van der Waals surface area contributed by atoms with Gasteiger partial charge in [0, 0.05) is 19.6 Å². The lowest BCUT2D eigenvalue weighted by Gasteiger charge is -2.30. The monoisotopic (exact) mass is 381 g/mol. The first-order chi connectivity index (χ1) is 11.7. The maximum atomic E-state index is 5.76. The Morgan fingerprint density at radius 2 is 2.28 bits per heavy atom. The summed E-state index contributed by atoms with van der Waals surface area (Å²) in [5.74, 6) is 2.72. The Bertz CT molecular complexity index is 816. The highest BCUT2D eigenvalue weighted by atomic mass is 35.5. The Labute approximate surface area is 155 Å². The third-order valence-corrected chi connectivity index (χ3v) is 5.09. The lowest BCUT2D eigenvalue weighted by Crippen LogP contribution is -2.44. The molecule has 1 fully saturated rings. The van der Waals surface area contributed by atoms with Gasteiger partial charge in [0.1, 0.15) is 5.76 Å². The molecular formula is C16H20ClN5O2S. The fraction of sp³-hybridized carbons (Fsp3) is 0.438. The van der Waals surface area contributed by atoms with Crippen molar-refractivity contribution < 1.29 is 8.94 Å². The van der Waals surface area contributed by atoms with Gasteiger partial charge in [0.05, 0.1) is 23.0 Å². The second-order valence-electron chi connectivity index (χ2n) is 5.92. The van der Waals surface area contributed by atoms with E-state index in [1.165, 1.54) is 0 Å². The number of likely N-dealkylation sites (N-methyl/N-ethyl adjacent to an activating group) is 1. The van der Waals surface area contributed by atoms with Crippen LogP contribution in [0.1, 0.15) is 29.2 Å². The third kappa shape index (κ3) is 3.77. The largest absolute Gasteiger partial charge is 0.440 e. The summed E-state index contributed by atoms with van der Waals surface area (Å²) in [6.45, 7) is 4.71. The molecule has 25 heavy (non-hydrogen) atoms. The minimum atomic E-state index is 0. The van der Waals surface area contributed by atoms with Gasteiger partial charge in [-0.3, -0.25) is 4.90 Å². The molecule has 9 heteroatoms. The van der Waals surface area contributed by atoms with Crippen molar-refractivity contribution in [2.75, 3.05) is 26.7 Å². The van der Waals surface area contributed by atoms with E-state index in [-0.39, 0.29) is 18.4 Å². The minimum absolute atomic E-state index is 0. The number of aryl methyl sites for hydroxylation is 1. The van der Waals surface area contributed by atoms with Crippen LogP contribution in [-0.2, 0) is 6.42 Å². The maximum Gasteiger partial charge on any atom is 0.236 e. The molecule has 0 aromatic carbocycles. The summed E-state index contributed by atoms with van der Waals surface area (Å²) in [6.07, 6.45) is 0.484. The Hall–Kier alpha value is -1.74. The Balaban J connectivity index is 0.00000182. The fourth-order valence-corrected chi connectivity index (χ4v) is 3.46. The lowest BCUT2D eigenvalue weighted by molar-refractivity contribution is 0.190. The number of nitrogens with zero attached hydrogens (tertiary/aromatic N) is 4. The molecule has 0 amide bonds. The topological polar surface area (TPSA) is 80.2 Å².